The van der Waals surface area contributed by atoms with Crippen molar-refractivity contribution in [2.24, 2.45) is 0 Å². The van der Waals surface area contributed by atoms with Crippen LogP contribution in [-0.4, -0.2) is 41.2 Å². The van der Waals surface area contributed by atoms with Crippen LogP contribution in [0.25, 0.3) is 10.6 Å². The average Bonchev–Trinajstić information content (AvgIpc) is 2.90. The number of nitrogens with one attached hydrogen (secondary N) is 1. The maximum absolute atomic E-state index is 12.0. The van der Waals surface area contributed by atoms with Gasteiger partial charge >= 0.3 is 6.03 Å². The van der Waals surface area contributed by atoms with E-state index in [-0.39, 0.29) is 18.7 Å². The van der Waals surface area contributed by atoms with Gasteiger partial charge < -0.3 is 15.3 Å². The van der Waals surface area contributed by atoms with Crippen LogP contribution in [0.3, 0.4) is 0 Å². The molecule has 2 aromatic rings. The first-order valence-electron chi connectivity index (χ1n) is 7.59. The molecule has 1 aromatic heterocycles. The van der Waals surface area contributed by atoms with E-state index in [1.165, 1.54) is 10.5 Å². The van der Waals surface area contributed by atoms with Crippen molar-refractivity contribution < 1.29 is 9.90 Å². The molecule has 0 radical (unpaired) electrons. The molecule has 0 saturated carbocycles. The van der Waals surface area contributed by atoms with E-state index in [0.29, 0.717) is 6.54 Å². The number of thiazole rings is 1. The molecule has 0 bridgehead atoms. The SMILES string of the molecule is Cc1ccc(-c2nc(C)c(C(C)NC(=O)N(C)CCO)s2)cc1. The van der Waals surface area contributed by atoms with Gasteiger partial charge in [0.15, 0.2) is 0 Å². The third kappa shape index (κ3) is 4.30. The van der Waals surface area contributed by atoms with Gasteiger partial charge in [0.25, 0.3) is 0 Å². The number of nitrogens with zero attached hydrogens (tertiary/aromatic N) is 2. The Morgan fingerprint density at radius 2 is 2.00 bits per heavy atom. The lowest BCUT2D eigenvalue weighted by molar-refractivity contribution is 0.188. The number of hydrogen-bond acceptors (Lipinski definition) is 4. The van der Waals surface area contributed by atoms with Gasteiger partial charge in [0.05, 0.1) is 23.2 Å². The van der Waals surface area contributed by atoms with Crippen molar-refractivity contribution in [1.82, 2.24) is 15.2 Å². The minimum absolute atomic E-state index is 0.0462. The molecule has 2 amide bonds. The van der Waals surface area contributed by atoms with Crippen LogP contribution < -0.4 is 5.32 Å². The number of aromatic nitrogens is 1. The number of aliphatic hydroxyl groups excluding tert-OH is 1. The molecule has 1 unspecified atom stereocenters. The van der Waals surface area contributed by atoms with Gasteiger partial charge in [-0.05, 0) is 20.8 Å². The minimum atomic E-state index is -0.198. The first-order valence-corrected chi connectivity index (χ1v) is 8.41. The van der Waals surface area contributed by atoms with Crippen LogP contribution >= 0.6 is 11.3 Å². The molecule has 0 aliphatic carbocycles. The molecule has 0 fully saturated rings. The third-order valence-electron chi connectivity index (χ3n) is 3.65. The predicted octanol–water partition coefficient (Wildman–Crippen LogP) is 3.12. The molecule has 1 heterocycles. The largest absolute Gasteiger partial charge is 0.395 e. The average molecular weight is 333 g/mol. The highest BCUT2D eigenvalue weighted by Crippen LogP contribution is 2.31. The van der Waals surface area contributed by atoms with E-state index < -0.39 is 0 Å². The fourth-order valence-corrected chi connectivity index (χ4v) is 3.32. The summed E-state index contributed by atoms with van der Waals surface area (Å²) in [5.41, 5.74) is 3.24. The number of rotatable bonds is 5. The Morgan fingerprint density at radius 3 is 2.61 bits per heavy atom. The van der Waals surface area contributed by atoms with Crippen molar-refractivity contribution in [3.63, 3.8) is 0 Å². The molecule has 2 rings (SSSR count). The van der Waals surface area contributed by atoms with Crippen LogP contribution in [0.15, 0.2) is 24.3 Å². The number of aryl methyl sites for hydroxylation is 2. The summed E-state index contributed by atoms with van der Waals surface area (Å²) in [6, 6.07) is 7.95. The second kappa shape index (κ2) is 7.57. The Bertz CT molecular complexity index is 667. The summed E-state index contributed by atoms with van der Waals surface area (Å²) in [4.78, 5) is 19.2. The van der Waals surface area contributed by atoms with Crippen molar-refractivity contribution in [2.45, 2.75) is 26.8 Å². The number of urea groups is 1. The van der Waals surface area contributed by atoms with Gasteiger partial charge in [-0.2, -0.15) is 0 Å². The second-order valence-electron chi connectivity index (χ2n) is 5.65. The second-order valence-corrected chi connectivity index (χ2v) is 6.68. The first-order chi connectivity index (χ1) is 10.9. The van der Waals surface area contributed by atoms with Crippen molar-refractivity contribution >= 4 is 17.4 Å². The summed E-state index contributed by atoms with van der Waals surface area (Å²) in [5, 5.41) is 12.8. The van der Waals surface area contributed by atoms with Crippen molar-refractivity contribution in [3.05, 3.63) is 40.4 Å². The van der Waals surface area contributed by atoms with Crippen LogP contribution in [0.1, 0.15) is 29.1 Å². The van der Waals surface area contributed by atoms with Gasteiger partial charge in [-0.25, -0.2) is 9.78 Å². The molecule has 23 heavy (non-hydrogen) atoms. The summed E-state index contributed by atoms with van der Waals surface area (Å²) < 4.78 is 0. The predicted molar refractivity (Wildman–Crippen MR) is 93.7 cm³/mol. The van der Waals surface area contributed by atoms with E-state index in [9.17, 15) is 4.79 Å². The molecular formula is C17H23N3O2S. The number of carbonyl (C=O) groups is 1. The zero-order valence-electron chi connectivity index (χ0n) is 14.0. The minimum Gasteiger partial charge on any atom is -0.395 e. The number of carbonyl (C=O) groups excluding carboxylic acids is 1. The molecule has 0 spiro atoms. The molecule has 1 atom stereocenters. The van der Waals surface area contributed by atoms with Crippen LogP contribution in [0, 0.1) is 13.8 Å². The zero-order chi connectivity index (χ0) is 17.0. The first kappa shape index (κ1) is 17.4. The molecule has 1 aromatic carbocycles. The standard InChI is InChI=1S/C17H23N3O2S/c1-11-5-7-14(8-6-11)16-18-12(2)15(23-16)13(3)19-17(22)20(4)9-10-21/h5-8,13,21H,9-10H2,1-4H3,(H,19,22). The summed E-state index contributed by atoms with van der Waals surface area (Å²) in [7, 11) is 1.66. The van der Waals surface area contributed by atoms with E-state index in [4.69, 9.17) is 5.11 Å². The topological polar surface area (TPSA) is 65.5 Å². The quantitative estimate of drug-likeness (QED) is 0.883. The highest BCUT2D eigenvalue weighted by molar-refractivity contribution is 7.15. The Hall–Kier alpha value is -1.92. The molecule has 5 nitrogen and oxygen atoms in total. The summed E-state index contributed by atoms with van der Waals surface area (Å²) in [5.74, 6) is 0. The van der Waals surface area contributed by atoms with Gasteiger partial charge in [-0.15, -0.1) is 11.3 Å². The molecule has 0 aliphatic rings. The summed E-state index contributed by atoms with van der Waals surface area (Å²) in [6.45, 7) is 6.24. The van der Waals surface area contributed by atoms with E-state index in [0.717, 1.165) is 21.1 Å². The van der Waals surface area contributed by atoms with Crippen molar-refractivity contribution in [1.29, 1.82) is 0 Å². The Balaban J connectivity index is 2.14. The van der Waals surface area contributed by atoms with E-state index >= 15 is 0 Å². The lowest BCUT2D eigenvalue weighted by atomic mass is 10.2. The molecular weight excluding hydrogens is 310 g/mol. The molecule has 0 aliphatic heterocycles. The molecule has 0 saturated heterocycles. The van der Waals surface area contributed by atoms with E-state index in [1.54, 1.807) is 18.4 Å². The number of hydrogen-bond donors (Lipinski definition) is 2. The molecule has 2 N–H and O–H groups in total. The highest BCUT2D eigenvalue weighted by atomic mass is 32.1. The lowest BCUT2D eigenvalue weighted by Gasteiger charge is -2.20. The van der Waals surface area contributed by atoms with Crippen LogP contribution in [0.5, 0.6) is 0 Å². The van der Waals surface area contributed by atoms with Gasteiger partial charge in [0.1, 0.15) is 5.01 Å². The van der Waals surface area contributed by atoms with Crippen molar-refractivity contribution in [3.8, 4) is 10.6 Å². The zero-order valence-corrected chi connectivity index (χ0v) is 14.8. The maximum atomic E-state index is 12.0. The third-order valence-corrected chi connectivity index (χ3v) is 5.04. The van der Waals surface area contributed by atoms with Crippen molar-refractivity contribution in [2.75, 3.05) is 20.2 Å². The van der Waals surface area contributed by atoms with Gasteiger partial charge in [-0.1, -0.05) is 29.8 Å². The van der Waals surface area contributed by atoms with E-state index in [1.807, 2.05) is 13.8 Å². The van der Waals surface area contributed by atoms with Gasteiger partial charge in [0, 0.05) is 19.2 Å². The van der Waals surface area contributed by atoms with Crippen LogP contribution in [0.2, 0.25) is 0 Å². The highest BCUT2D eigenvalue weighted by Gasteiger charge is 2.18. The maximum Gasteiger partial charge on any atom is 0.317 e. The van der Waals surface area contributed by atoms with Gasteiger partial charge in [-0.3, -0.25) is 0 Å². The number of likely N-dealkylation sites (N-methyl/N-ethyl adjacent to an activating group) is 1. The van der Waals surface area contributed by atoms with Gasteiger partial charge in [0.2, 0.25) is 0 Å². The number of amides is 2. The smallest absolute Gasteiger partial charge is 0.317 e. The summed E-state index contributed by atoms with van der Waals surface area (Å²) in [6.07, 6.45) is 0. The molecule has 124 valence electrons. The normalized spacial score (nSPS) is 12.0. The van der Waals surface area contributed by atoms with E-state index in [2.05, 4.69) is 41.5 Å². The molecule has 6 heteroatoms. The lowest BCUT2D eigenvalue weighted by Crippen LogP contribution is -2.39. The Kier molecular flexibility index (Phi) is 5.74. The fraction of sp³-hybridized carbons (Fsp3) is 0.412. The number of aliphatic hydroxyl groups is 1. The Labute approximate surface area is 141 Å². The monoisotopic (exact) mass is 333 g/mol. The fourth-order valence-electron chi connectivity index (χ4n) is 2.24. The Morgan fingerprint density at radius 1 is 1.35 bits per heavy atom. The summed E-state index contributed by atoms with van der Waals surface area (Å²) >= 11 is 1.60. The van der Waals surface area contributed by atoms with Crippen LogP contribution in [-0.2, 0) is 0 Å². The van der Waals surface area contributed by atoms with Crippen LogP contribution in [0.4, 0.5) is 4.79 Å². The number of benzene rings is 1.